The van der Waals surface area contributed by atoms with Gasteiger partial charge >= 0.3 is 6.18 Å². The van der Waals surface area contributed by atoms with Crippen molar-refractivity contribution in [3.63, 3.8) is 0 Å². The van der Waals surface area contributed by atoms with Crippen LogP contribution in [0.4, 0.5) is 13.2 Å². The van der Waals surface area contributed by atoms with E-state index < -0.39 is 17.8 Å². The lowest BCUT2D eigenvalue weighted by Crippen LogP contribution is -2.83. The summed E-state index contributed by atoms with van der Waals surface area (Å²) < 4.78 is 38.5. The van der Waals surface area contributed by atoms with Crippen LogP contribution in [-0.4, -0.2) is 11.7 Å². The van der Waals surface area contributed by atoms with Gasteiger partial charge in [0.1, 0.15) is 19.2 Å². The molecule has 21 heavy (non-hydrogen) atoms. The van der Waals surface area contributed by atoms with E-state index in [1.807, 2.05) is 18.2 Å². The van der Waals surface area contributed by atoms with Gasteiger partial charge in [0.2, 0.25) is 0 Å². The van der Waals surface area contributed by atoms with Crippen molar-refractivity contribution in [1.82, 2.24) is 0 Å². The Labute approximate surface area is 121 Å². The number of halogens is 3. The van der Waals surface area contributed by atoms with Crippen LogP contribution >= 0.6 is 0 Å². The average Bonchev–Trinajstić information content (AvgIpc) is 2.47. The van der Waals surface area contributed by atoms with Gasteiger partial charge in [-0.25, -0.2) is 0 Å². The standard InChI is InChI=1S/C16H16F3NO/c17-16(18,19)14-9-5-4-8-13(14)10-20-11-15(21)12-6-2-1-3-7-12/h1-9,15,20-21H,10-11H2/p+1/t15-/m0/s1. The summed E-state index contributed by atoms with van der Waals surface area (Å²) in [5.41, 5.74) is 0.374. The second-order valence-electron chi connectivity index (χ2n) is 4.81. The Kier molecular flexibility index (Phi) is 4.98. The molecule has 2 aromatic rings. The summed E-state index contributed by atoms with van der Waals surface area (Å²) in [4.78, 5) is 0. The van der Waals surface area contributed by atoms with Crippen LogP contribution in [0.2, 0.25) is 0 Å². The quantitative estimate of drug-likeness (QED) is 0.874. The molecule has 0 saturated heterocycles. The molecular formula is C16H17F3NO+. The fourth-order valence-electron chi connectivity index (χ4n) is 2.18. The lowest BCUT2D eigenvalue weighted by molar-refractivity contribution is -0.677. The number of rotatable bonds is 5. The van der Waals surface area contributed by atoms with E-state index in [-0.39, 0.29) is 12.1 Å². The third kappa shape index (κ3) is 4.31. The topological polar surface area (TPSA) is 36.8 Å². The third-order valence-corrected chi connectivity index (χ3v) is 3.26. The number of benzene rings is 2. The van der Waals surface area contributed by atoms with Gasteiger partial charge in [-0.15, -0.1) is 0 Å². The third-order valence-electron chi connectivity index (χ3n) is 3.26. The van der Waals surface area contributed by atoms with Gasteiger partial charge in [-0.2, -0.15) is 13.2 Å². The Hall–Kier alpha value is -1.85. The molecule has 0 unspecified atom stereocenters. The Balaban J connectivity index is 1.95. The van der Waals surface area contributed by atoms with E-state index in [2.05, 4.69) is 0 Å². The maximum absolute atomic E-state index is 12.8. The minimum atomic E-state index is -4.34. The zero-order chi connectivity index (χ0) is 15.3. The van der Waals surface area contributed by atoms with E-state index in [0.717, 1.165) is 11.6 Å². The molecule has 0 heterocycles. The van der Waals surface area contributed by atoms with Crippen LogP contribution in [0.5, 0.6) is 0 Å². The first-order chi connectivity index (χ1) is 9.98. The van der Waals surface area contributed by atoms with E-state index in [1.54, 1.807) is 23.5 Å². The number of hydrogen-bond donors (Lipinski definition) is 2. The van der Waals surface area contributed by atoms with Gasteiger partial charge in [-0.3, -0.25) is 0 Å². The smallest absolute Gasteiger partial charge is 0.382 e. The van der Waals surface area contributed by atoms with Crippen molar-refractivity contribution < 1.29 is 23.6 Å². The van der Waals surface area contributed by atoms with Crippen LogP contribution < -0.4 is 5.32 Å². The van der Waals surface area contributed by atoms with Crippen LogP contribution in [0, 0.1) is 0 Å². The molecular weight excluding hydrogens is 279 g/mol. The van der Waals surface area contributed by atoms with Gasteiger partial charge in [-0.05, 0) is 11.6 Å². The Morgan fingerprint density at radius 1 is 0.952 bits per heavy atom. The van der Waals surface area contributed by atoms with Crippen LogP contribution in [0.3, 0.4) is 0 Å². The summed E-state index contributed by atoms with van der Waals surface area (Å²) in [5.74, 6) is 0. The minimum absolute atomic E-state index is 0.180. The van der Waals surface area contributed by atoms with Crippen molar-refractivity contribution in [3.8, 4) is 0 Å². The predicted octanol–water partition coefficient (Wildman–Crippen LogP) is 2.50. The molecule has 2 nitrogen and oxygen atoms in total. The summed E-state index contributed by atoms with van der Waals surface area (Å²) in [6.07, 6.45) is -5.04. The lowest BCUT2D eigenvalue weighted by atomic mass is 10.1. The van der Waals surface area contributed by atoms with Gasteiger partial charge in [0.15, 0.2) is 0 Å². The number of aliphatic hydroxyl groups is 1. The molecule has 0 saturated carbocycles. The molecule has 0 aromatic heterocycles. The molecule has 2 aromatic carbocycles. The Bertz CT molecular complexity index is 569. The first kappa shape index (κ1) is 15.5. The number of nitrogens with two attached hydrogens (primary N) is 1. The second kappa shape index (κ2) is 6.74. The van der Waals surface area contributed by atoms with Crippen molar-refractivity contribution in [2.75, 3.05) is 6.54 Å². The molecule has 0 aliphatic rings. The molecule has 0 aliphatic carbocycles. The van der Waals surface area contributed by atoms with Crippen molar-refractivity contribution >= 4 is 0 Å². The van der Waals surface area contributed by atoms with Crippen molar-refractivity contribution in [1.29, 1.82) is 0 Å². The summed E-state index contributed by atoms with van der Waals surface area (Å²) >= 11 is 0. The molecule has 5 heteroatoms. The maximum Gasteiger partial charge on any atom is 0.416 e. The van der Waals surface area contributed by atoms with E-state index in [4.69, 9.17) is 0 Å². The van der Waals surface area contributed by atoms with Gasteiger partial charge in [0.05, 0.1) is 5.56 Å². The first-order valence-corrected chi connectivity index (χ1v) is 6.68. The van der Waals surface area contributed by atoms with Gasteiger partial charge in [0.25, 0.3) is 0 Å². The largest absolute Gasteiger partial charge is 0.416 e. The Morgan fingerprint density at radius 3 is 2.24 bits per heavy atom. The average molecular weight is 296 g/mol. The number of alkyl halides is 3. The van der Waals surface area contributed by atoms with Gasteiger partial charge < -0.3 is 10.4 Å². The van der Waals surface area contributed by atoms with Gasteiger partial charge in [-0.1, -0.05) is 48.5 Å². The van der Waals surface area contributed by atoms with E-state index in [1.165, 1.54) is 12.1 Å². The molecule has 0 amide bonds. The molecule has 1 atom stereocenters. The second-order valence-corrected chi connectivity index (χ2v) is 4.81. The van der Waals surface area contributed by atoms with E-state index in [0.29, 0.717) is 6.54 Å². The summed E-state index contributed by atoms with van der Waals surface area (Å²) in [6, 6.07) is 14.6. The van der Waals surface area contributed by atoms with E-state index >= 15 is 0 Å². The number of quaternary nitrogens is 1. The molecule has 0 bridgehead atoms. The lowest BCUT2D eigenvalue weighted by Gasteiger charge is -2.13. The van der Waals surface area contributed by atoms with E-state index in [9.17, 15) is 18.3 Å². The molecule has 0 spiro atoms. The molecule has 3 N–H and O–H groups in total. The van der Waals surface area contributed by atoms with Crippen molar-refractivity contribution in [3.05, 3.63) is 71.3 Å². The molecule has 2 rings (SSSR count). The number of hydrogen-bond acceptors (Lipinski definition) is 1. The summed E-state index contributed by atoms with van der Waals surface area (Å²) in [7, 11) is 0. The normalized spacial score (nSPS) is 13.1. The highest BCUT2D eigenvalue weighted by molar-refractivity contribution is 5.28. The zero-order valence-electron chi connectivity index (χ0n) is 11.3. The highest BCUT2D eigenvalue weighted by Gasteiger charge is 2.33. The minimum Gasteiger partial charge on any atom is -0.382 e. The van der Waals surface area contributed by atoms with Crippen molar-refractivity contribution in [2.24, 2.45) is 0 Å². The summed E-state index contributed by atoms with van der Waals surface area (Å²) in [6.45, 7) is 0.496. The van der Waals surface area contributed by atoms with Crippen LogP contribution in [0.25, 0.3) is 0 Å². The molecule has 112 valence electrons. The zero-order valence-corrected chi connectivity index (χ0v) is 11.3. The predicted molar refractivity (Wildman–Crippen MR) is 73.3 cm³/mol. The molecule has 0 aliphatic heterocycles. The SMILES string of the molecule is O[C@@H](C[NH2+]Cc1ccccc1C(F)(F)F)c1ccccc1. The number of aliphatic hydroxyl groups excluding tert-OH is 1. The van der Waals surface area contributed by atoms with Crippen molar-refractivity contribution in [2.45, 2.75) is 18.8 Å². The fourth-order valence-corrected chi connectivity index (χ4v) is 2.18. The molecule has 0 fully saturated rings. The highest BCUT2D eigenvalue weighted by atomic mass is 19.4. The van der Waals surface area contributed by atoms with Crippen LogP contribution in [-0.2, 0) is 12.7 Å². The molecule has 0 radical (unpaired) electrons. The van der Waals surface area contributed by atoms with Gasteiger partial charge in [0, 0.05) is 5.56 Å². The van der Waals surface area contributed by atoms with Crippen LogP contribution in [0.15, 0.2) is 54.6 Å². The fraction of sp³-hybridized carbons (Fsp3) is 0.250. The maximum atomic E-state index is 12.8. The summed E-state index contributed by atoms with van der Waals surface area (Å²) in [5, 5.41) is 11.7. The van der Waals surface area contributed by atoms with Crippen LogP contribution in [0.1, 0.15) is 22.8 Å². The Morgan fingerprint density at radius 2 is 1.57 bits per heavy atom. The monoisotopic (exact) mass is 296 g/mol. The first-order valence-electron chi connectivity index (χ1n) is 6.68. The highest BCUT2D eigenvalue weighted by Crippen LogP contribution is 2.31.